The number of amides is 18. The standard InChI is InChI=1S/C74H116N24O25S8/c1-32(99)56(97-69(118)49(30-130)95-67(116)47(28-128)92-64(113)44(25-125)90-57(106)35(76)24-124)71(120)86-40(14-16-54(102)103)61(110)88-42(22-55(104)105)63(112)87-41(20-33-23-82-36-9-3-2-8-34(33)36)62(111)84-37(10-4-5-17-75)58(107)85-39(13-15-52(77)100)60(109)83-38(11-6-18-81-74(79)80)59(108)91-45(26-126)65(114)93-46(27-127)66(115)94-48(29-129)68(117)96-50(31-131)72(121)98-19-7-12-51(98)70(119)89-43(73(122)123)21-53(78)101/h2-3,8-9,23,32,35,37-51,56,82,99,124-131H,4-7,10-22,24-31,75-76H2,1H3,(H2,77,100)(H2,78,101)(H,83,109)(H,84,111)(H,85,107)(H,86,120)(H,87,112)(H,88,110)(H,89,119)(H,90,106)(H,91,108)(H,92,113)(H,93,114)(H,94,115)(H,95,116)(H,96,117)(H,97,118)(H,102,103)(H,104,105)(H,122,123)(H4,79,80,81)/t32-,35+,37+,38+,39+,40+,41+,42+,43+,44+,45+,46+,47+,48+,49+,50+,51+,56+/m1/s1. The van der Waals surface area contributed by atoms with Gasteiger partial charge in [-0.1, -0.05) is 18.2 Å². The lowest BCUT2D eigenvalue weighted by Gasteiger charge is -2.30. The quantitative estimate of drug-likeness (QED) is 0.0127. The molecule has 0 radical (unpaired) electrons. The number of nitrogens with two attached hydrogens (primary N) is 5. The third kappa shape index (κ3) is 39.1. The fourth-order valence-electron chi connectivity index (χ4n) is 12.6. The minimum absolute atomic E-state index is 0.0125. The van der Waals surface area contributed by atoms with Crippen LogP contribution in [0.25, 0.3) is 10.9 Å². The summed E-state index contributed by atoms with van der Waals surface area (Å²) in [6.07, 6.45) is -5.94. The number of aromatic nitrogens is 1. The second-order valence-corrected chi connectivity index (χ2v) is 32.6. The van der Waals surface area contributed by atoms with Gasteiger partial charge in [0.25, 0.3) is 0 Å². The van der Waals surface area contributed by atoms with Gasteiger partial charge in [-0.05, 0) is 82.9 Å². The number of nitrogens with one attached hydrogen (secondary N) is 18. The van der Waals surface area contributed by atoms with E-state index in [9.17, 15) is 116 Å². The summed E-state index contributed by atoms with van der Waals surface area (Å²) in [5, 5.41) is 86.3. The van der Waals surface area contributed by atoms with E-state index in [2.05, 4.69) is 191 Å². The monoisotopic (exact) mass is 2000 g/mol. The van der Waals surface area contributed by atoms with Gasteiger partial charge in [-0.25, -0.2) is 4.79 Å². The van der Waals surface area contributed by atoms with Crippen molar-refractivity contribution in [1.82, 2.24) is 95.0 Å². The molecule has 2 heterocycles. The summed E-state index contributed by atoms with van der Waals surface area (Å²) >= 11 is 33.1. The topological polar surface area (TPSA) is 805 Å². The number of carbonyl (C=O) groups is 21. The highest BCUT2D eigenvalue weighted by Crippen LogP contribution is 2.22. The van der Waals surface area contributed by atoms with Crippen LogP contribution in [0.4, 0.5) is 0 Å². The average Bonchev–Trinajstić information content (AvgIpc) is 1.73. The lowest BCUT2D eigenvalue weighted by Crippen LogP contribution is -2.62. The number of aliphatic hydroxyl groups excluding tert-OH is 1. The average molecular weight is 2000 g/mol. The van der Waals surface area contributed by atoms with Crippen LogP contribution in [-0.4, -0.2) is 335 Å². The van der Waals surface area contributed by atoms with Gasteiger partial charge < -0.3 is 144 Å². The lowest BCUT2D eigenvalue weighted by atomic mass is 10.0. The number of hydrogen-bond donors (Lipinski definition) is 35. The van der Waals surface area contributed by atoms with Crippen LogP contribution in [0, 0.1) is 5.41 Å². The molecule has 1 fully saturated rings. The molecule has 730 valence electrons. The Kier molecular flexibility index (Phi) is 51.8. The number of benzene rings is 1. The number of carboxylic acids is 3. The molecule has 1 aromatic carbocycles. The number of carbonyl (C=O) groups excluding carboxylic acids is 18. The molecule has 32 N–H and O–H groups in total. The van der Waals surface area contributed by atoms with E-state index in [1.54, 1.807) is 24.3 Å². The van der Waals surface area contributed by atoms with Gasteiger partial charge in [-0.3, -0.25) is 101 Å². The minimum Gasteiger partial charge on any atom is -0.481 e. The fraction of sp³-hybridized carbons (Fsp3) is 0.595. The van der Waals surface area contributed by atoms with Gasteiger partial charge in [0.05, 0.1) is 25.0 Å². The molecule has 1 aliphatic heterocycles. The van der Waals surface area contributed by atoms with Gasteiger partial charge >= 0.3 is 17.9 Å². The van der Waals surface area contributed by atoms with Crippen molar-refractivity contribution >= 4 is 242 Å². The highest BCUT2D eigenvalue weighted by molar-refractivity contribution is 7.81. The summed E-state index contributed by atoms with van der Waals surface area (Å²) in [4.78, 5) is 288. The van der Waals surface area contributed by atoms with Crippen molar-refractivity contribution in [2.24, 2.45) is 28.7 Å². The third-order valence-corrected chi connectivity index (χ3v) is 22.6. The Labute approximate surface area is 794 Å². The number of aromatic amines is 1. The zero-order valence-electron chi connectivity index (χ0n) is 70.7. The number of aliphatic hydroxyl groups is 1. The molecule has 0 aliphatic carbocycles. The number of carboxylic acid groups (broad SMARTS) is 3. The molecular weight excluding hydrogens is 1880 g/mol. The van der Waals surface area contributed by atoms with E-state index >= 15 is 4.79 Å². The van der Waals surface area contributed by atoms with E-state index in [1.807, 2.05) is 0 Å². The van der Waals surface area contributed by atoms with Gasteiger partial charge in [0.2, 0.25) is 106 Å². The minimum atomic E-state index is -2.22. The van der Waals surface area contributed by atoms with Crippen molar-refractivity contribution in [3.63, 3.8) is 0 Å². The fourth-order valence-corrected chi connectivity index (χ4v) is 14.5. The molecule has 2 aromatic rings. The van der Waals surface area contributed by atoms with Crippen LogP contribution in [0.2, 0.25) is 0 Å². The van der Waals surface area contributed by atoms with Gasteiger partial charge in [0, 0.05) is 95.5 Å². The number of unbranched alkanes of at least 4 members (excludes halogenated alkanes) is 1. The van der Waals surface area contributed by atoms with E-state index < -0.39 is 307 Å². The Morgan fingerprint density at radius 2 is 0.832 bits per heavy atom. The summed E-state index contributed by atoms with van der Waals surface area (Å²) in [7, 11) is 0. The maximum Gasteiger partial charge on any atom is 0.326 e. The molecule has 18 amide bonds. The maximum absolute atomic E-state index is 15.1. The number of thiol groups is 8. The Bertz CT molecular complexity index is 4380. The second-order valence-electron chi connectivity index (χ2n) is 29.7. The SMILES string of the molecule is C[C@@H](O)[C@H](NC(=O)[C@H](CS)NC(=O)[C@H](CS)NC(=O)[C@H](CS)NC(=O)[C@@H](N)CS)C(=O)N[C@@H](CCC(=O)O)C(=O)N[C@@H](CC(=O)O)C(=O)N[C@@H](Cc1c[nH]c2ccccc12)C(=O)N[C@@H](CCCCN)C(=O)N[C@@H](CCC(N)=O)C(=O)N[C@@H](CCCNC(=N)N)C(=O)N[C@@H](CS)C(=O)N[C@@H](CS)C(=O)N[C@@H](CS)C(=O)N[C@@H](CS)C(=O)N1CCC[C@H]1C(=O)N[C@@H](CC(N)=O)C(=O)O. The number of likely N-dealkylation sites (tertiary alicyclic amines) is 1. The first-order valence-electron chi connectivity index (χ1n) is 40.6. The molecule has 57 heteroatoms. The van der Waals surface area contributed by atoms with Crippen LogP contribution in [0.5, 0.6) is 0 Å². The molecule has 1 aromatic heterocycles. The smallest absolute Gasteiger partial charge is 0.326 e. The van der Waals surface area contributed by atoms with E-state index in [4.69, 9.17) is 34.1 Å². The van der Waals surface area contributed by atoms with E-state index in [0.29, 0.717) is 16.5 Å². The first-order chi connectivity index (χ1) is 61.9. The van der Waals surface area contributed by atoms with Crippen molar-refractivity contribution in [2.75, 3.05) is 65.7 Å². The van der Waals surface area contributed by atoms with Crippen LogP contribution in [0.15, 0.2) is 30.5 Å². The zero-order chi connectivity index (χ0) is 98.6. The third-order valence-electron chi connectivity index (χ3n) is 19.7. The summed E-state index contributed by atoms with van der Waals surface area (Å²) in [6.45, 7) is 0.930. The number of nitrogens with zero attached hydrogens (tertiary/aromatic N) is 1. The van der Waals surface area contributed by atoms with Crippen molar-refractivity contribution < 1.29 is 121 Å². The van der Waals surface area contributed by atoms with Crippen molar-refractivity contribution in [1.29, 1.82) is 5.41 Å². The summed E-state index contributed by atoms with van der Waals surface area (Å²) < 4.78 is 0. The number of aliphatic carboxylic acids is 3. The maximum atomic E-state index is 15.1. The predicted octanol–water partition coefficient (Wildman–Crippen LogP) is -10.9. The molecule has 0 spiro atoms. The number of hydrogen-bond acceptors (Lipinski definition) is 33. The van der Waals surface area contributed by atoms with E-state index in [1.165, 1.54) is 6.20 Å². The molecule has 0 bridgehead atoms. The molecule has 49 nitrogen and oxygen atoms in total. The van der Waals surface area contributed by atoms with E-state index in [0.717, 1.165) is 11.8 Å². The Balaban J connectivity index is 1.97. The Morgan fingerprint density at radius 1 is 0.443 bits per heavy atom. The number of guanidine groups is 1. The van der Waals surface area contributed by atoms with Gasteiger partial charge in [0.15, 0.2) is 5.96 Å². The van der Waals surface area contributed by atoms with E-state index in [-0.39, 0.29) is 87.6 Å². The lowest BCUT2D eigenvalue weighted by molar-refractivity contribution is -0.145. The second kappa shape index (κ2) is 59.2. The molecule has 0 unspecified atom stereocenters. The number of rotatable bonds is 61. The molecular formula is C74H116N24O25S8. The normalized spacial score (nSPS) is 16.2. The number of fused-ring (bicyclic) bond motifs is 1. The summed E-state index contributed by atoms with van der Waals surface area (Å²) in [5.41, 5.74) is 28.5. The molecule has 18 atom stereocenters. The van der Waals surface area contributed by atoms with Crippen LogP contribution in [0.1, 0.15) is 96.0 Å². The molecule has 1 aliphatic rings. The number of para-hydroxylation sites is 1. The molecule has 0 saturated carbocycles. The Hall–Kier alpha value is -10.4. The molecule has 131 heavy (non-hydrogen) atoms. The van der Waals surface area contributed by atoms with Crippen LogP contribution in [-0.2, 0) is 107 Å². The summed E-state index contributed by atoms with van der Waals surface area (Å²) in [6, 6.07) is -21.6. The first kappa shape index (κ1) is 115. The predicted molar refractivity (Wildman–Crippen MR) is 497 cm³/mol. The van der Waals surface area contributed by atoms with Crippen molar-refractivity contribution in [3.05, 3.63) is 36.0 Å². The van der Waals surface area contributed by atoms with Crippen molar-refractivity contribution in [3.8, 4) is 0 Å². The van der Waals surface area contributed by atoms with Gasteiger partial charge in [-0.15, -0.1) is 0 Å². The molecule has 1 saturated heterocycles. The first-order valence-corrected chi connectivity index (χ1v) is 45.7. The van der Waals surface area contributed by atoms with Crippen LogP contribution in [0.3, 0.4) is 0 Å². The van der Waals surface area contributed by atoms with Gasteiger partial charge in [-0.2, -0.15) is 101 Å². The van der Waals surface area contributed by atoms with Gasteiger partial charge in [0.1, 0.15) is 96.7 Å². The van der Waals surface area contributed by atoms with Crippen LogP contribution >= 0.6 is 101 Å². The summed E-state index contributed by atoms with van der Waals surface area (Å²) in [5.74, 6) is -28.1. The highest BCUT2D eigenvalue weighted by atomic mass is 32.1. The highest BCUT2D eigenvalue weighted by Gasteiger charge is 2.43. The zero-order valence-corrected chi connectivity index (χ0v) is 77.9. The molecule has 3 rings (SSSR count). The largest absolute Gasteiger partial charge is 0.481 e. The number of H-pyrrole nitrogens is 1. The van der Waals surface area contributed by atoms with Crippen molar-refractivity contribution in [2.45, 2.75) is 206 Å². The Morgan fingerprint density at radius 3 is 1.25 bits per heavy atom. The van der Waals surface area contributed by atoms with Crippen LogP contribution < -0.4 is 114 Å². The number of primary amides is 2.